The normalized spacial score (nSPS) is 12.6. The van der Waals surface area contributed by atoms with E-state index >= 15 is 0 Å². The predicted octanol–water partition coefficient (Wildman–Crippen LogP) is 2.25. The van der Waals surface area contributed by atoms with Crippen LogP contribution in [-0.2, 0) is 6.54 Å². The standard InChI is InChI=1S/C14H18N4/c1-11(13-7-3-4-8-16-13)18(2)10-12-6-5-9-17-14(12)15/h3-9,11H,10H2,1-2H3,(H2,15,17)/t11-/m0/s1. The molecule has 2 N–H and O–H groups in total. The Morgan fingerprint density at radius 2 is 1.94 bits per heavy atom. The maximum Gasteiger partial charge on any atom is 0.127 e. The van der Waals surface area contributed by atoms with Gasteiger partial charge in [0, 0.05) is 30.5 Å². The van der Waals surface area contributed by atoms with Crippen LogP contribution in [0.5, 0.6) is 0 Å². The maximum absolute atomic E-state index is 5.85. The van der Waals surface area contributed by atoms with Gasteiger partial charge in [-0.2, -0.15) is 0 Å². The van der Waals surface area contributed by atoms with E-state index in [1.165, 1.54) is 0 Å². The minimum atomic E-state index is 0.241. The third-order valence-electron chi connectivity index (χ3n) is 3.12. The van der Waals surface area contributed by atoms with E-state index in [9.17, 15) is 0 Å². The minimum absolute atomic E-state index is 0.241. The van der Waals surface area contributed by atoms with Crippen LogP contribution in [0.4, 0.5) is 5.82 Å². The lowest BCUT2D eigenvalue weighted by atomic mass is 10.1. The zero-order valence-electron chi connectivity index (χ0n) is 10.7. The van der Waals surface area contributed by atoms with Gasteiger partial charge in [0.15, 0.2) is 0 Å². The molecule has 4 nitrogen and oxygen atoms in total. The van der Waals surface area contributed by atoms with Gasteiger partial charge in [-0.25, -0.2) is 4.98 Å². The molecule has 0 aliphatic carbocycles. The van der Waals surface area contributed by atoms with Crippen LogP contribution in [0.15, 0.2) is 42.7 Å². The molecule has 0 amide bonds. The van der Waals surface area contributed by atoms with E-state index in [-0.39, 0.29) is 6.04 Å². The Hall–Kier alpha value is -1.94. The Morgan fingerprint density at radius 3 is 2.61 bits per heavy atom. The number of nitrogens with two attached hydrogens (primary N) is 1. The van der Waals surface area contributed by atoms with Crippen LogP contribution in [0.1, 0.15) is 24.2 Å². The highest BCUT2D eigenvalue weighted by Crippen LogP contribution is 2.19. The van der Waals surface area contributed by atoms with Gasteiger partial charge in [-0.3, -0.25) is 9.88 Å². The summed E-state index contributed by atoms with van der Waals surface area (Å²) in [6, 6.07) is 10.1. The Labute approximate surface area is 107 Å². The third kappa shape index (κ3) is 2.84. The van der Waals surface area contributed by atoms with Crippen molar-refractivity contribution in [2.45, 2.75) is 19.5 Å². The summed E-state index contributed by atoms with van der Waals surface area (Å²) in [4.78, 5) is 10.7. The van der Waals surface area contributed by atoms with Crippen molar-refractivity contribution in [2.24, 2.45) is 0 Å². The quantitative estimate of drug-likeness (QED) is 0.893. The molecule has 1 atom stereocenters. The average Bonchev–Trinajstić information content (AvgIpc) is 2.41. The lowest BCUT2D eigenvalue weighted by Gasteiger charge is -2.24. The number of hydrogen-bond acceptors (Lipinski definition) is 4. The van der Waals surface area contributed by atoms with Crippen molar-refractivity contribution in [1.29, 1.82) is 0 Å². The molecule has 0 saturated heterocycles. The van der Waals surface area contributed by atoms with Crippen molar-refractivity contribution >= 4 is 5.82 Å². The van der Waals surface area contributed by atoms with Crippen LogP contribution in [0.2, 0.25) is 0 Å². The fourth-order valence-corrected chi connectivity index (χ4v) is 1.84. The topological polar surface area (TPSA) is 55.0 Å². The molecule has 94 valence electrons. The van der Waals surface area contributed by atoms with Crippen LogP contribution >= 0.6 is 0 Å². The molecule has 0 bridgehead atoms. The largest absolute Gasteiger partial charge is 0.383 e. The lowest BCUT2D eigenvalue weighted by Crippen LogP contribution is -2.23. The van der Waals surface area contributed by atoms with E-state index in [1.54, 1.807) is 6.20 Å². The first-order valence-corrected chi connectivity index (χ1v) is 5.99. The van der Waals surface area contributed by atoms with Crippen LogP contribution in [0.25, 0.3) is 0 Å². The smallest absolute Gasteiger partial charge is 0.127 e. The molecule has 0 fully saturated rings. The molecule has 2 heterocycles. The predicted molar refractivity (Wildman–Crippen MR) is 72.8 cm³/mol. The first-order valence-electron chi connectivity index (χ1n) is 5.99. The molecule has 0 unspecified atom stereocenters. The number of nitrogens with zero attached hydrogens (tertiary/aromatic N) is 3. The molecule has 4 heteroatoms. The van der Waals surface area contributed by atoms with E-state index in [1.807, 2.05) is 36.5 Å². The van der Waals surface area contributed by atoms with Crippen molar-refractivity contribution in [3.63, 3.8) is 0 Å². The van der Waals surface area contributed by atoms with Gasteiger partial charge in [-0.1, -0.05) is 12.1 Å². The molecule has 0 saturated carbocycles. The number of pyridine rings is 2. The molecule has 0 aliphatic heterocycles. The summed E-state index contributed by atoms with van der Waals surface area (Å²) >= 11 is 0. The van der Waals surface area contributed by atoms with Crippen molar-refractivity contribution in [2.75, 3.05) is 12.8 Å². The van der Waals surface area contributed by atoms with Crippen LogP contribution in [0, 0.1) is 0 Å². The van der Waals surface area contributed by atoms with E-state index in [4.69, 9.17) is 5.73 Å². The Balaban J connectivity index is 2.09. The van der Waals surface area contributed by atoms with E-state index in [0.717, 1.165) is 17.8 Å². The van der Waals surface area contributed by atoms with E-state index in [0.29, 0.717) is 5.82 Å². The third-order valence-corrected chi connectivity index (χ3v) is 3.12. The Bertz CT molecular complexity index is 498. The number of nitrogen functional groups attached to an aromatic ring is 1. The van der Waals surface area contributed by atoms with Crippen molar-refractivity contribution in [3.05, 3.63) is 54.0 Å². The van der Waals surface area contributed by atoms with Crippen LogP contribution < -0.4 is 5.73 Å². The average molecular weight is 242 g/mol. The number of anilines is 1. The zero-order chi connectivity index (χ0) is 13.0. The minimum Gasteiger partial charge on any atom is -0.383 e. The fraction of sp³-hybridized carbons (Fsp3) is 0.286. The molecular formula is C14H18N4. The van der Waals surface area contributed by atoms with Crippen molar-refractivity contribution in [3.8, 4) is 0 Å². The number of aromatic nitrogens is 2. The van der Waals surface area contributed by atoms with Gasteiger partial charge in [0.05, 0.1) is 5.69 Å². The van der Waals surface area contributed by atoms with Gasteiger partial charge in [0.25, 0.3) is 0 Å². The van der Waals surface area contributed by atoms with Crippen molar-refractivity contribution < 1.29 is 0 Å². The summed E-state index contributed by atoms with van der Waals surface area (Å²) in [6.45, 7) is 2.90. The maximum atomic E-state index is 5.85. The molecular weight excluding hydrogens is 224 g/mol. The first-order chi connectivity index (χ1) is 8.68. The summed E-state index contributed by atoms with van der Waals surface area (Å²) in [5.74, 6) is 0.595. The van der Waals surface area contributed by atoms with Crippen molar-refractivity contribution in [1.82, 2.24) is 14.9 Å². The molecule has 0 radical (unpaired) electrons. The second-order valence-electron chi connectivity index (χ2n) is 4.39. The highest BCUT2D eigenvalue weighted by molar-refractivity contribution is 5.38. The SMILES string of the molecule is C[C@@H](c1ccccn1)N(C)Cc1cccnc1N. The summed E-state index contributed by atoms with van der Waals surface area (Å²) in [5.41, 5.74) is 7.96. The highest BCUT2D eigenvalue weighted by atomic mass is 15.1. The van der Waals surface area contributed by atoms with Gasteiger partial charge in [-0.05, 0) is 32.2 Å². The lowest BCUT2D eigenvalue weighted by molar-refractivity contribution is 0.249. The first kappa shape index (κ1) is 12.5. The van der Waals surface area contributed by atoms with Crippen LogP contribution in [-0.4, -0.2) is 21.9 Å². The van der Waals surface area contributed by atoms with E-state index < -0.39 is 0 Å². The molecule has 18 heavy (non-hydrogen) atoms. The monoisotopic (exact) mass is 242 g/mol. The fourth-order valence-electron chi connectivity index (χ4n) is 1.84. The Morgan fingerprint density at radius 1 is 1.17 bits per heavy atom. The summed E-state index contributed by atoms with van der Waals surface area (Å²) < 4.78 is 0. The molecule has 2 rings (SSSR count). The summed E-state index contributed by atoms with van der Waals surface area (Å²) in [5, 5.41) is 0. The van der Waals surface area contributed by atoms with Gasteiger partial charge in [0.2, 0.25) is 0 Å². The zero-order valence-corrected chi connectivity index (χ0v) is 10.7. The van der Waals surface area contributed by atoms with Gasteiger partial charge >= 0.3 is 0 Å². The molecule has 0 aromatic carbocycles. The highest BCUT2D eigenvalue weighted by Gasteiger charge is 2.13. The Kier molecular flexibility index (Phi) is 3.89. The molecule has 2 aromatic heterocycles. The van der Waals surface area contributed by atoms with Gasteiger partial charge < -0.3 is 5.73 Å². The molecule has 0 aliphatic rings. The summed E-state index contributed by atoms with van der Waals surface area (Å²) in [7, 11) is 2.06. The molecule has 2 aromatic rings. The second kappa shape index (κ2) is 5.60. The van der Waals surface area contributed by atoms with Gasteiger partial charge in [0.1, 0.15) is 5.82 Å². The van der Waals surface area contributed by atoms with E-state index in [2.05, 4.69) is 28.8 Å². The summed E-state index contributed by atoms with van der Waals surface area (Å²) in [6.07, 6.45) is 3.53. The number of rotatable bonds is 4. The van der Waals surface area contributed by atoms with Crippen LogP contribution in [0.3, 0.4) is 0 Å². The second-order valence-corrected chi connectivity index (χ2v) is 4.39. The number of hydrogen-bond donors (Lipinski definition) is 1. The van der Waals surface area contributed by atoms with Gasteiger partial charge in [-0.15, -0.1) is 0 Å². The molecule has 0 spiro atoms.